The van der Waals surface area contributed by atoms with Crippen molar-refractivity contribution < 1.29 is 14.7 Å². The molecule has 1 aliphatic carbocycles. The van der Waals surface area contributed by atoms with Crippen molar-refractivity contribution in [3.8, 4) is 0 Å². The third-order valence-electron chi connectivity index (χ3n) is 3.22. The predicted molar refractivity (Wildman–Crippen MR) is 69.4 cm³/mol. The van der Waals surface area contributed by atoms with E-state index in [0.29, 0.717) is 18.5 Å². The molecule has 104 valence electrons. The summed E-state index contributed by atoms with van der Waals surface area (Å²) in [6, 6.07) is 0.296. The van der Waals surface area contributed by atoms with Crippen molar-refractivity contribution in [2.75, 3.05) is 13.6 Å². The minimum absolute atomic E-state index is 0.0130. The van der Waals surface area contributed by atoms with Crippen LogP contribution in [0.4, 0.5) is 4.79 Å². The van der Waals surface area contributed by atoms with Crippen LogP contribution >= 0.6 is 0 Å². The number of hydrogen-bond donors (Lipinski definition) is 2. The molecule has 0 aromatic heterocycles. The number of carboxylic acid groups (broad SMARTS) is 1. The van der Waals surface area contributed by atoms with Gasteiger partial charge in [-0.1, -0.05) is 13.8 Å². The molecule has 0 radical (unpaired) electrons. The highest BCUT2D eigenvalue weighted by molar-refractivity contribution is 5.74. The number of rotatable bonds is 7. The average molecular weight is 256 g/mol. The maximum atomic E-state index is 11.8. The highest BCUT2D eigenvalue weighted by atomic mass is 16.4. The molecule has 1 unspecified atom stereocenters. The molecular formula is C13H24N2O3. The molecule has 5 heteroatoms. The number of carbonyl (C=O) groups is 2. The summed E-state index contributed by atoms with van der Waals surface area (Å²) in [4.78, 5) is 24.2. The molecule has 2 N–H and O–H groups in total. The van der Waals surface area contributed by atoms with Gasteiger partial charge in [0.1, 0.15) is 0 Å². The molecule has 0 aliphatic heterocycles. The summed E-state index contributed by atoms with van der Waals surface area (Å²) in [6.07, 6.45) is 3.09. The Morgan fingerprint density at radius 1 is 1.39 bits per heavy atom. The molecule has 0 spiro atoms. The molecule has 1 fully saturated rings. The van der Waals surface area contributed by atoms with Crippen molar-refractivity contribution in [1.29, 1.82) is 0 Å². The zero-order valence-corrected chi connectivity index (χ0v) is 11.5. The van der Waals surface area contributed by atoms with Gasteiger partial charge in [-0.05, 0) is 31.1 Å². The van der Waals surface area contributed by atoms with Crippen LogP contribution in [-0.4, -0.2) is 41.6 Å². The Bertz CT molecular complexity index is 301. The molecule has 0 aromatic carbocycles. The molecule has 1 rings (SSSR count). The molecule has 0 bridgehead atoms. The zero-order chi connectivity index (χ0) is 13.7. The van der Waals surface area contributed by atoms with E-state index < -0.39 is 5.97 Å². The van der Waals surface area contributed by atoms with Crippen LogP contribution in [0, 0.1) is 11.8 Å². The van der Waals surface area contributed by atoms with E-state index in [2.05, 4.69) is 19.2 Å². The maximum Gasteiger partial charge on any atom is 0.317 e. The summed E-state index contributed by atoms with van der Waals surface area (Å²) in [6.45, 7) is 4.57. The minimum Gasteiger partial charge on any atom is -0.481 e. The number of urea groups is 1. The average Bonchev–Trinajstić information content (AvgIpc) is 3.06. The van der Waals surface area contributed by atoms with E-state index in [0.717, 1.165) is 19.3 Å². The van der Waals surface area contributed by atoms with Gasteiger partial charge in [0.25, 0.3) is 0 Å². The van der Waals surface area contributed by atoms with E-state index in [1.54, 1.807) is 11.9 Å². The van der Waals surface area contributed by atoms with Crippen LogP contribution in [0.25, 0.3) is 0 Å². The monoisotopic (exact) mass is 256 g/mol. The van der Waals surface area contributed by atoms with Gasteiger partial charge in [-0.15, -0.1) is 0 Å². The Kier molecular flexibility index (Phi) is 5.44. The van der Waals surface area contributed by atoms with Crippen molar-refractivity contribution in [3.05, 3.63) is 0 Å². The first-order valence-electron chi connectivity index (χ1n) is 6.62. The first kappa shape index (κ1) is 14.8. The van der Waals surface area contributed by atoms with Gasteiger partial charge in [0.05, 0.1) is 0 Å². The summed E-state index contributed by atoms with van der Waals surface area (Å²) < 4.78 is 0. The van der Waals surface area contributed by atoms with E-state index in [1.807, 2.05) is 0 Å². The second kappa shape index (κ2) is 6.61. The quantitative estimate of drug-likeness (QED) is 0.731. The number of hydrogen-bond acceptors (Lipinski definition) is 2. The summed E-state index contributed by atoms with van der Waals surface area (Å²) in [7, 11) is 1.79. The lowest BCUT2D eigenvalue weighted by molar-refractivity contribution is -0.138. The molecule has 2 amide bonds. The van der Waals surface area contributed by atoms with Crippen LogP contribution in [0.15, 0.2) is 0 Å². The Balaban J connectivity index is 2.34. The lowest BCUT2D eigenvalue weighted by Crippen LogP contribution is -2.41. The number of nitrogens with one attached hydrogen (secondary N) is 1. The van der Waals surface area contributed by atoms with Crippen molar-refractivity contribution in [1.82, 2.24) is 10.2 Å². The SMILES string of the molecule is CC(C)CC(CNC(=O)N(C)C1CC1)CC(=O)O. The van der Waals surface area contributed by atoms with Crippen LogP contribution in [0.3, 0.4) is 0 Å². The van der Waals surface area contributed by atoms with Gasteiger partial charge in [-0.3, -0.25) is 4.79 Å². The molecule has 0 aromatic rings. The van der Waals surface area contributed by atoms with Crippen LogP contribution < -0.4 is 5.32 Å². The fourth-order valence-corrected chi connectivity index (χ4v) is 2.14. The van der Waals surface area contributed by atoms with Crippen molar-refractivity contribution >= 4 is 12.0 Å². The Hall–Kier alpha value is -1.26. The van der Waals surface area contributed by atoms with E-state index >= 15 is 0 Å². The third kappa shape index (κ3) is 5.38. The van der Waals surface area contributed by atoms with Crippen molar-refractivity contribution in [2.45, 2.75) is 45.6 Å². The molecular weight excluding hydrogens is 232 g/mol. The summed E-state index contributed by atoms with van der Waals surface area (Å²) in [5.41, 5.74) is 0. The first-order chi connectivity index (χ1) is 8.40. The Morgan fingerprint density at radius 3 is 2.44 bits per heavy atom. The zero-order valence-electron chi connectivity index (χ0n) is 11.5. The van der Waals surface area contributed by atoms with E-state index in [-0.39, 0.29) is 18.4 Å². The number of nitrogens with zero attached hydrogens (tertiary/aromatic N) is 1. The standard InChI is InChI=1S/C13H24N2O3/c1-9(2)6-10(7-12(16)17)8-14-13(18)15(3)11-4-5-11/h9-11H,4-8H2,1-3H3,(H,14,18)(H,16,17). The van der Waals surface area contributed by atoms with Crippen LogP contribution in [0.2, 0.25) is 0 Å². The summed E-state index contributed by atoms with van der Waals surface area (Å²) in [5, 5.41) is 11.7. The van der Waals surface area contributed by atoms with Crippen LogP contribution in [-0.2, 0) is 4.79 Å². The van der Waals surface area contributed by atoms with E-state index in [9.17, 15) is 9.59 Å². The summed E-state index contributed by atoms with van der Waals surface area (Å²) in [5.74, 6) is -0.350. The van der Waals surface area contributed by atoms with Gasteiger partial charge >= 0.3 is 12.0 Å². The minimum atomic E-state index is -0.801. The molecule has 1 atom stereocenters. The molecule has 1 saturated carbocycles. The fourth-order valence-electron chi connectivity index (χ4n) is 2.14. The molecule has 18 heavy (non-hydrogen) atoms. The van der Waals surface area contributed by atoms with Gasteiger partial charge in [-0.2, -0.15) is 0 Å². The number of carboxylic acids is 1. The molecule has 0 heterocycles. The predicted octanol–water partition coefficient (Wildman–Crippen LogP) is 1.93. The van der Waals surface area contributed by atoms with Gasteiger partial charge in [0.2, 0.25) is 0 Å². The summed E-state index contributed by atoms with van der Waals surface area (Å²) >= 11 is 0. The molecule has 1 aliphatic rings. The van der Waals surface area contributed by atoms with Gasteiger partial charge in [-0.25, -0.2) is 4.79 Å². The first-order valence-corrected chi connectivity index (χ1v) is 6.62. The van der Waals surface area contributed by atoms with Gasteiger partial charge in [0, 0.05) is 26.1 Å². The Labute approximate surface area is 109 Å². The van der Waals surface area contributed by atoms with E-state index in [1.165, 1.54) is 0 Å². The van der Waals surface area contributed by atoms with Crippen molar-refractivity contribution in [3.63, 3.8) is 0 Å². The second-order valence-electron chi connectivity index (χ2n) is 5.62. The number of aliphatic carboxylic acids is 1. The van der Waals surface area contributed by atoms with Gasteiger partial charge < -0.3 is 15.3 Å². The maximum absolute atomic E-state index is 11.8. The smallest absolute Gasteiger partial charge is 0.317 e. The number of amides is 2. The lowest BCUT2D eigenvalue weighted by atomic mass is 9.94. The largest absolute Gasteiger partial charge is 0.481 e. The normalized spacial score (nSPS) is 16.4. The van der Waals surface area contributed by atoms with Gasteiger partial charge in [0.15, 0.2) is 0 Å². The number of carbonyl (C=O) groups excluding carboxylic acids is 1. The third-order valence-corrected chi connectivity index (χ3v) is 3.22. The van der Waals surface area contributed by atoms with Crippen LogP contribution in [0.5, 0.6) is 0 Å². The fraction of sp³-hybridized carbons (Fsp3) is 0.846. The topological polar surface area (TPSA) is 69.6 Å². The lowest BCUT2D eigenvalue weighted by Gasteiger charge is -2.21. The van der Waals surface area contributed by atoms with Crippen molar-refractivity contribution in [2.24, 2.45) is 11.8 Å². The van der Waals surface area contributed by atoms with E-state index in [4.69, 9.17) is 5.11 Å². The molecule has 0 saturated heterocycles. The highest BCUT2D eigenvalue weighted by Gasteiger charge is 2.29. The molecule has 5 nitrogen and oxygen atoms in total. The second-order valence-corrected chi connectivity index (χ2v) is 5.62. The van der Waals surface area contributed by atoms with Crippen LogP contribution in [0.1, 0.15) is 39.5 Å². The Morgan fingerprint density at radius 2 is 2.00 bits per heavy atom. The highest BCUT2D eigenvalue weighted by Crippen LogP contribution is 2.25.